The van der Waals surface area contributed by atoms with E-state index < -0.39 is 28.1 Å². The molecule has 2 aliphatic rings. The van der Waals surface area contributed by atoms with Crippen LogP contribution in [0, 0.1) is 0 Å². The van der Waals surface area contributed by atoms with Crippen LogP contribution < -0.4 is 0 Å². The van der Waals surface area contributed by atoms with Gasteiger partial charge in [-0.05, 0) is 12.8 Å². The molecule has 20 heavy (non-hydrogen) atoms. The van der Waals surface area contributed by atoms with Crippen molar-refractivity contribution in [1.82, 2.24) is 9.21 Å². The zero-order chi connectivity index (χ0) is 14.9. The fraction of sp³-hybridized carbons (Fsp3) is 0.818. The number of hydrogen-bond acceptors (Lipinski definition) is 5. The fourth-order valence-electron chi connectivity index (χ4n) is 2.59. The van der Waals surface area contributed by atoms with E-state index in [1.807, 2.05) is 0 Å². The first-order chi connectivity index (χ1) is 9.30. The van der Waals surface area contributed by atoms with Gasteiger partial charge >= 0.3 is 5.97 Å². The highest BCUT2D eigenvalue weighted by atomic mass is 32.2. The van der Waals surface area contributed by atoms with Crippen LogP contribution in [0.2, 0.25) is 0 Å². The van der Waals surface area contributed by atoms with Crippen molar-refractivity contribution in [2.24, 2.45) is 0 Å². The first kappa shape index (κ1) is 15.2. The van der Waals surface area contributed by atoms with E-state index in [9.17, 15) is 18.0 Å². The van der Waals surface area contributed by atoms with Gasteiger partial charge in [0.1, 0.15) is 6.04 Å². The molecule has 1 amide bonds. The van der Waals surface area contributed by atoms with E-state index in [1.54, 1.807) is 0 Å². The Bertz CT molecular complexity index is 505. The van der Waals surface area contributed by atoms with Crippen molar-refractivity contribution in [3.8, 4) is 0 Å². The van der Waals surface area contributed by atoms with Crippen LogP contribution in [0.15, 0.2) is 0 Å². The van der Waals surface area contributed by atoms with E-state index in [0.29, 0.717) is 19.4 Å². The van der Waals surface area contributed by atoms with Gasteiger partial charge < -0.3 is 14.7 Å². The Kier molecular flexibility index (Phi) is 4.31. The standard InChI is InChI=1S/C11H18N2O6S/c1-20(17,18)13-4-2-3-8(13)10(14)12-5-6-19-9(7-12)11(15)16/h8-9H,2-7H2,1H3,(H,15,16). The first-order valence-corrected chi connectivity index (χ1v) is 8.25. The predicted molar refractivity (Wildman–Crippen MR) is 68.5 cm³/mol. The average molecular weight is 306 g/mol. The minimum Gasteiger partial charge on any atom is -0.479 e. The van der Waals surface area contributed by atoms with E-state index in [0.717, 1.165) is 6.26 Å². The number of hydrogen-bond donors (Lipinski definition) is 1. The van der Waals surface area contributed by atoms with Crippen molar-refractivity contribution < 1.29 is 27.9 Å². The van der Waals surface area contributed by atoms with Crippen molar-refractivity contribution in [3.63, 3.8) is 0 Å². The molecule has 0 aromatic rings. The highest BCUT2D eigenvalue weighted by Crippen LogP contribution is 2.23. The van der Waals surface area contributed by atoms with Crippen LogP contribution in [0.5, 0.6) is 0 Å². The fourth-order valence-corrected chi connectivity index (χ4v) is 3.71. The molecule has 0 bridgehead atoms. The summed E-state index contributed by atoms with van der Waals surface area (Å²) in [6.45, 7) is 0.731. The Hall–Kier alpha value is -1.19. The largest absolute Gasteiger partial charge is 0.479 e. The third kappa shape index (κ3) is 3.10. The zero-order valence-electron chi connectivity index (χ0n) is 11.2. The molecule has 0 aromatic heterocycles. The Morgan fingerprint density at radius 3 is 2.60 bits per heavy atom. The number of carboxylic acids is 1. The predicted octanol–water partition coefficient (Wildman–Crippen LogP) is -1.28. The lowest BCUT2D eigenvalue weighted by atomic mass is 10.1. The number of carbonyl (C=O) groups excluding carboxylic acids is 1. The maximum Gasteiger partial charge on any atom is 0.334 e. The summed E-state index contributed by atoms with van der Waals surface area (Å²) >= 11 is 0. The highest BCUT2D eigenvalue weighted by molar-refractivity contribution is 7.88. The van der Waals surface area contributed by atoms with E-state index >= 15 is 0 Å². The molecular weight excluding hydrogens is 288 g/mol. The number of aliphatic carboxylic acids is 1. The summed E-state index contributed by atoms with van der Waals surface area (Å²) in [5, 5.41) is 8.92. The van der Waals surface area contributed by atoms with Crippen molar-refractivity contribution >= 4 is 21.9 Å². The maximum absolute atomic E-state index is 12.4. The molecule has 114 valence electrons. The van der Waals surface area contributed by atoms with Crippen LogP contribution in [-0.4, -0.2) is 79.2 Å². The third-order valence-corrected chi connectivity index (χ3v) is 4.86. The van der Waals surface area contributed by atoms with E-state index in [2.05, 4.69) is 0 Å². The van der Waals surface area contributed by atoms with Gasteiger partial charge in [-0.15, -0.1) is 0 Å². The molecule has 2 atom stereocenters. The van der Waals surface area contributed by atoms with Gasteiger partial charge in [-0.1, -0.05) is 0 Å². The lowest BCUT2D eigenvalue weighted by Gasteiger charge is -2.34. The van der Waals surface area contributed by atoms with Gasteiger partial charge in [0.25, 0.3) is 0 Å². The SMILES string of the molecule is CS(=O)(=O)N1CCCC1C(=O)N1CCOC(C(=O)O)C1. The Labute approximate surface area is 117 Å². The summed E-state index contributed by atoms with van der Waals surface area (Å²) in [4.78, 5) is 24.7. The molecule has 2 saturated heterocycles. The maximum atomic E-state index is 12.4. The molecule has 1 N–H and O–H groups in total. The van der Waals surface area contributed by atoms with Crippen LogP contribution in [-0.2, 0) is 24.3 Å². The molecule has 2 heterocycles. The summed E-state index contributed by atoms with van der Waals surface area (Å²) in [6.07, 6.45) is 1.15. The van der Waals surface area contributed by atoms with E-state index in [1.165, 1.54) is 9.21 Å². The van der Waals surface area contributed by atoms with Crippen molar-refractivity contribution in [2.45, 2.75) is 25.0 Å². The molecule has 2 unspecified atom stereocenters. The molecule has 0 saturated carbocycles. The van der Waals surface area contributed by atoms with Crippen LogP contribution in [0.4, 0.5) is 0 Å². The van der Waals surface area contributed by atoms with Crippen LogP contribution in [0.1, 0.15) is 12.8 Å². The minimum atomic E-state index is -3.43. The molecule has 9 heteroatoms. The summed E-state index contributed by atoms with van der Waals surface area (Å²) in [5.74, 6) is -1.45. The van der Waals surface area contributed by atoms with Gasteiger partial charge in [0, 0.05) is 13.1 Å². The minimum absolute atomic E-state index is 0.0394. The van der Waals surface area contributed by atoms with E-state index in [-0.39, 0.29) is 25.6 Å². The van der Waals surface area contributed by atoms with Gasteiger partial charge in [0.15, 0.2) is 6.10 Å². The summed E-state index contributed by atoms with van der Waals surface area (Å²) in [7, 11) is -3.43. The number of morpholine rings is 1. The molecule has 0 aliphatic carbocycles. The first-order valence-electron chi connectivity index (χ1n) is 6.40. The number of amides is 1. The Morgan fingerprint density at radius 2 is 2.00 bits per heavy atom. The lowest BCUT2D eigenvalue weighted by molar-refractivity contribution is -0.160. The van der Waals surface area contributed by atoms with E-state index in [4.69, 9.17) is 9.84 Å². The monoisotopic (exact) mass is 306 g/mol. The van der Waals surface area contributed by atoms with Gasteiger partial charge in [-0.3, -0.25) is 4.79 Å². The second kappa shape index (κ2) is 5.66. The van der Waals surface area contributed by atoms with Crippen molar-refractivity contribution in [1.29, 1.82) is 0 Å². The summed E-state index contributed by atoms with van der Waals surface area (Å²) in [6, 6.07) is -0.711. The molecule has 2 aliphatic heterocycles. The quantitative estimate of drug-likeness (QED) is 0.696. The number of sulfonamides is 1. The molecule has 2 rings (SSSR count). The molecule has 0 spiro atoms. The van der Waals surface area contributed by atoms with Crippen LogP contribution >= 0.6 is 0 Å². The summed E-state index contributed by atoms with van der Waals surface area (Å²) < 4.78 is 29.5. The Balaban J connectivity index is 2.09. The van der Waals surface area contributed by atoms with Gasteiger partial charge in [-0.25, -0.2) is 13.2 Å². The number of ether oxygens (including phenoxy) is 1. The second-order valence-electron chi connectivity index (χ2n) is 5.01. The Morgan fingerprint density at radius 1 is 1.30 bits per heavy atom. The number of carboxylic acid groups (broad SMARTS) is 1. The van der Waals surface area contributed by atoms with Crippen LogP contribution in [0.25, 0.3) is 0 Å². The van der Waals surface area contributed by atoms with Gasteiger partial charge in [-0.2, -0.15) is 4.31 Å². The molecule has 2 fully saturated rings. The molecule has 0 radical (unpaired) electrons. The summed E-state index contributed by atoms with van der Waals surface area (Å²) in [5.41, 5.74) is 0. The number of carbonyl (C=O) groups is 2. The van der Waals surface area contributed by atoms with Gasteiger partial charge in [0.05, 0.1) is 19.4 Å². The average Bonchev–Trinajstić information content (AvgIpc) is 2.87. The molecular formula is C11H18N2O6S. The smallest absolute Gasteiger partial charge is 0.334 e. The number of nitrogens with zero attached hydrogens (tertiary/aromatic N) is 2. The van der Waals surface area contributed by atoms with Gasteiger partial charge in [0.2, 0.25) is 15.9 Å². The van der Waals surface area contributed by atoms with Crippen molar-refractivity contribution in [2.75, 3.05) is 32.5 Å². The molecule has 8 nitrogen and oxygen atoms in total. The third-order valence-electron chi connectivity index (χ3n) is 3.57. The number of rotatable bonds is 3. The zero-order valence-corrected chi connectivity index (χ0v) is 12.0. The van der Waals surface area contributed by atoms with Crippen LogP contribution in [0.3, 0.4) is 0 Å². The second-order valence-corrected chi connectivity index (χ2v) is 6.95. The molecule has 0 aromatic carbocycles. The van der Waals surface area contributed by atoms with Crippen molar-refractivity contribution in [3.05, 3.63) is 0 Å². The topological polar surface area (TPSA) is 104 Å². The highest BCUT2D eigenvalue weighted by Gasteiger charge is 2.40. The lowest BCUT2D eigenvalue weighted by Crippen LogP contribution is -2.54. The normalized spacial score (nSPS) is 28.6.